The molecule has 0 aliphatic heterocycles. The van der Waals surface area contributed by atoms with Crippen LogP contribution in [0.5, 0.6) is 0 Å². The fourth-order valence-corrected chi connectivity index (χ4v) is 1.20. The average Bonchev–Trinajstić information content (AvgIpc) is 2.76. The lowest BCUT2D eigenvalue weighted by molar-refractivity contribution is -0.129. The number of ether oxygens (including phenoxy) is 1. The number of aromatic amines is 1. The van der Waals surface area contributed by atoms with Gasteiger partial charge in [-0.15, -0.1) is 0 Å². The maximum Gasteiger partial charge on any atom is 0.236 e. The molecule has 1 aromatic rings. The molecule has 0 saturated carbocycles. The number of imidazole rings is 1. The number of amides is 1. The summed E-state index contributed by atoms with van der Waals surface area (Å²) >= 11 is 0. The molecule has 1 amide bonds. The first-order valence-electron chi connectivity index (χ1n) is 5.16. The highest BCUT2D eigenvalue weighted by molar-refractivity contribution is 5.77. The van der Waals surface area contributed by atoms with Gasteiger partial charge in [0, 0.05) is 33.1 Å². The number of carbonyl (C=O) groups excluding carboxylic acids is 1. The molecule has 0 aromatic carbocycles. The van der Waals surface area contributed by atoms with Crippen molar-refractivity contribution in [3.63, 3.8) is 0 Å². The molecule has 0 saturated heterocycles. The molecule has 16 heavy (non-hydrogen) atoms. The fraction of sp³-hybridized carbons (Fsp3) is 0.600. The molecule has 0 fully saturated rings. The fourth-order valence-electron chi connectivity index (χ4n) is 1.20. The quantitative estimate of drug-likeness (QED) is 0.621. The zero-order valence-electron chi connectivity index (χ0n) is 9.69. The van der Waals surface area contributed by atoms with Gasteiger partial charge >= 0.3 is 0 Å². The largest absolute Gasteiger partial charge is 0.383 e. The Morgan fingerprint density at radius 1 is 1.69 bits per heavy atom. The normalized spacial score (nSPS) is 10.4. The van der Waals surface area contributed by atoms with Crippen molar-refractivity contribution >= 4 is 5.91 Å². The van der Waals surface area contributed by atoms with Crippen molar-refractivity contribution in [2.75, 3.05) is 33.9 Å². The van der Waals surface area contributed by atoms with Gasteiger partial charge in [-0.3, -0.25) is 4.79 Å². The van der Waals surface area contributed by atoms with Crippen LogP contribution in [0, 0.1) is 0 Å². The summed E-state index contributed by atoms with van der Waals surface area (Å²) in [5.74, 6) is 0.820. The van der Waals surface area contributed by atoms with Crippen molar-refractivity contribution in [2.45, 2.75) is 6.54 Å². The van der Waals surface area contributed by atoms with Gasteiger partial charge in [-0.05, 0) is 0 Å². The molecular weight excluding hydrogens is 208 g/mol. The summed E-state index contributed by atoms with van der Waals surface area (Å²) in [7, 11) is 3.38. The van der Waals surface area contributed by atoms with Gasteiger partial charge in [0.2, 0.25) is 5.91 Å². The van der Waals surface area contributed by atoms with E-state index in [0.29, 0.717) is 26.2 Å². The van der Waals surface area contributed by atoms with Crippen molar-refractivity contribution in [1.29, 1.82) is 0 Å². The van der Waals surface area contributed by atoms with Crippen LogP contribution in [0.3, 0.4) is 0 Å². The van der Waals surface area contributed by atoms with Gasteiger partial charge in [-0.1, -0.05) is 0 Å². The molecule has 6 nitrogen and oxygen atoms in total. The summed E-state index contributed by atoms with van der Waals surface area (Å²) in [5, 5.41) is 3.00. The van der Waals surface area contributed by atoms with Gasteiger partial charge < -0.3 is 19.9 Å². The lowest BCUT2D eigenvalue weighted by Gasteiger charge is -2.15. The molecule has 0 aliphatic carbocycles. The molecule has 0 bridgehead atoms. The van der Waals surface area contributed by atoms with E-state index in [2.05, 4.69) is 15.3 Å². The molecule has 90 valence electrons. The number of rotatable bonds is 7. The third kappa shape index (κ3) is 4.41. The number of likely N-dealkylation sites (N-methyl/N-ethyl adjacent to an activating group) is 1. The number of carbonyl (C=O) groups is 1. The first-order chi connectivity index (χ1) is 7.74. The van der Waals surface area contributed by atoms with E-state index in [1.165, 1.54) is 0 Å². The van der Waals surface area contributed by atoms with Gasteiger partial charge in [0.15, 0.2) is 0 Å². The Kier molecular flexibility index (Phi) is 5.52. The van der Waals surface area contributed by atoms with Crippen molar-refractivity contribution < 1.29 is 9.53 Å². The Hall–Kier alpha value is -1.40. The molecule has 6 heteroatoms. The van der Waals surface area contributed by atoms with E-state index in [1.807, 2.05) is 0 Å². The Morgan fingerprint density at radius 3 is 3.12 bits per heavy atom. The van der Waals surface area contributed by atoms with Crippen LogP contribution in [-0.4, -0.2) is 54.6 Å². The van der Waals surface area contributed by atoms with Crippen molar-refractivity contribution in [3.05, 3.63) is 18.2 Å². The average molecular weight is 226 g/mol. The molecule has 0 spiro atoms. The third-order valence-corrected chi connectivity index (χ3v) is 2.13. The first kappa shape index (κ1) is 12.7. The summed E-state index contributed by atoms with van der Waals surface area (Å²) < 4.78 is 4.87. The zero-order valence-corrected chi connectivity index (χ0v) is 9.69. The van der Waals surface area contributed by atoms with Crippen molar-refractivity contribution in [1.82, 2.24) is 20.2 Å². The number of hydrogen-bond acceptors (Lipinski definition) is 4. The van der Waals surface area contributed by atoms with Crippen LogP contribution in [0.25, 0.3) is 0 Å². The van der Waals surface area contributed by atoms with E-state index < -0.39 is 0 Å². The molecular formula is C10H18N4O2. The van der Waals surface area contributed by atoms with Gasteiger partial charge in [0.05, 0.1) is 19.7 Å². The topological polar surface area (TPSA) is 70.2 Å². The Bertz CT molecular complexity index is 300. The highest BCUT2D eigenvalue weighted by Gasteiger charge is 2.09. The minimum Gasteiger partial charge on any atom is -0.383 e. The van der Waals surface area contributed by atoms with E-state index in [-0.39, 0.29) is 5.91 Å². The summed E-state index contributed by atoms with van der Waals surface area (Å²) in [6.45, 7) is 2.10. The Balaban J connectivity index is 2.20. The van der Waals surface area contributed by atoms with Crippen LogP contribution < -0.4 is 5.32 Å². The number of methoxy groups -OCH3 is 1. The highest BCUT2D eigenvalue weighted by Crippen LogP contribution is 1.95. The minimum atomic E-state index is 0.0347. The number of hydrogen-bond donors (Lipinski definition) is 2. The Morgan fingerprint density at radius 2 is 2.50 bits per heavy atom. The number of nitrogens with zero attached hydrogens (tertiary/aromatic N) is 2. The lowest BCUT2D eigenvalue weighted by Crippen LogP contribution is -2.36. The molecule has 1 aromatic heterocycles. The molecule has 1 rings (SSSR count). The third-order valence-electron chi connectivity index (χ3n) is 2.13. The van der Waals surface area contributed by atoms with E-state index >= 15 is 0 Å². The molecule has 0 radical (unpaired) electrons. The van der Waals surface area contributed by atoms with Gasteiger partial charge in [0.25, 0.3) is 0 Å². The molecule has 0 aliphatic rings. The minimum absolute atomic E-state index is 0.0347. The summed E-state index contributed by atoms with van der Waals surface area (Å²) in [4.78, 5) is 20.2. The van der Waals surface area contributed by atoms with E-state index in [1.54, 1.807) is 31.5 Å². The lowest BCUT2D eigenvalue weighted by atomic mass is 10.4. The van der Waals surface area contributed by atoms with Crippen molar-refractivity contribution in [3.8, 4) is 0 Å². The Labute approximate surface area is 95.0 Å². The monoisotopic (exact) mass is 226 g/mol. The van der Waals surface area contributed by atoms with Crippen LogP contribution in [0.1, 0.15) is 5.82 Å². The van der Waals surface area contributed by atoms with Gasteiger partial charge in [-0.2, -0.15) is 0 Å². The second-order valence-corrected chi connectivity index (χ2v) is 3.46. The summed E-state index contributed by atoms with van der Waals surface area (Å²) in [6, 6.07) is 0. The van der Waals surface area contributed by atoms with E-state index in [0.717, 1.165) is 5.82 Å². The maximum absolute atomic E-state index is 11.6. The van der Waals surface area contributed by atoms with Crippen LogP contribution in [-0.2, 0) is 16.1 Å². The smallest absolute Gasteiger partial charge is 0.236 e. The maximum atomic E-state index is 11.6. The molecule has 2 N–H and O–H groups in total. The van der Waals surface area contributed by atoms with Crippen LogP contribution in [0.15, 0.2) is 12.4 Å². The van der Waals surface area contributed by atoms with Crippen LogP contribution in [0.4, 0.5) is 0 Å². The molecule has 0 atom stereocenters. The van der Waals surface area contributed by atoms with Crippen LogP contribution >= 0.6 is 0 Å². The molecule has 1 heterocycles. The number of H-pyrrole nitrogens is 1. The van der Waals surface area contributed by atoms with Gasteiger partial charge in [-0.25, -0.2) is 4.98 Å². The van der Waals surface area contributed by atoms with Crippen LogP contribution in [0.2, 0.25) is 0 Å². The zero-order chi connectivity index (χ0) is 11.8. The SMILES string of the molecule is COCCNCC(=O)N(C)Cc1ncc[nH]1. The van der Waals surface area contributed by atoms with E-state index in [4.69, 9.17) is 4.74 Å². The highest BCUT2D eigenvalue weighted by atomic mass is 16.5. The predicted molar refractivity (Wildman–Crippen MR) is 59.8 cm³/mol. The van der Waals surface area contributed by atoms with Crippen molar-refractivity contribution in [2.24, 2.45) is 0 Å². The standard InChI is InChI=1S/C10H18N4O2/c1-14(8-9-12-3-4-13-9)10(15)7-11-5-6-16-2/h3-4,11H,5-8H2,1-2H3,(H,12,13). The first-order valence-corrected chi connectivity index (χ1v) is 5.16. The van der Waals surface area contributed by atoms with E-state index in [9.17, 15) is 4.79 Å². The summed E-state index contributed by atoms with van der Waals surface area (Å²) in [5.41, 5.74) is 0. The second-order valence-electron chi connectivity index (χ2n) is 3.46. The summed E-state index contributed by atoms with van der Waals surface area (Å²) in [6.07, 6.45) is 3.41. The predicted octanol–water partition coefficient (Wildman–Crippen LogP) is -0.396. The number of aromatic nitrogens is 2. The molecule has 0 unspecified atom stereocenters. The second kappa shape index (κ2) is 6.97. The van der Waals surface area contributed by atoms with Gasteiger partial charge in [0.1, 0.15) is 5.82 Å². The number of nitrogens with one attached hydrogen (secondary N) is 2.